The molecule has 0 atom stereocenters. The average Bonchev–Trinajstić information content (AvgIpc) is 2.95. The van der Waals surface area contributed by atoms with Crippen LogP contribution in [0, 0.1) is 0 Å². The van der Waals surface area contributed by atoms with Crippen LogP contribution in [0.1, 0.15) is 19.2 Å². The first-order valence-electron chi connectivity index (χ1n) is 8.38. The summed E-state index contributed by atoms with van der Waals surface area (Å²) in [6, 6.07) is 10.8. The Morgan fingerprint density at radius 1 is 1.04 bits per heavy atom. The summed E-state index contributed by atoms with van der Waals surface area (Å²) in [6.07, 6.45) is 0.876. The molecule has 138 valence electrons. The number of aryl methyl sites for hydroxylation is 1. The van der Waals surface area contributed by atoms with Gasteiger partial charge >= 0.3 is 0 Å². The fourth-order valence-corrected chi connectivity index (χ4v) is 3.34. The lowest BCUT2D eigenvalue weighted by atomic mass is 10.3. The van der Waals surface area contributed by atoms with Crippen molar-refractivity contribution in [3.05, 3.63) is 57.3 Å². The van der Waals surface area contributed by atoms with Crippen LogP contribution in [0.25, 0.3) is 11.0 Å². The van der Waals surface area contributed by atoms with Gasteiger partial charge in [-0.05, 0) is 49.7 Å². The van der Waals surface area contributed by atoms with Gasteiger partial charge in [0.2, 0.25) is 0 Å². The third-order valence-corrected chi connectivity index (χ3v) is 4.68. The normalized spacial score (nSPS) is 11.2. The van der Waals surface area contributed by atoms with E-state index in [1.807, 2.05) is 25.1 Å². The number of fused-ring (bicyclic) bond motifs is 1. The molecule has 4 nitrogen and oxygen atoms in total. The molecule has 1 aromatic heterocycles. The number of ether oxygens (including phenoxy) is 2. The van der Waals surface area contributed by atoms with Crippen LogP contribution in [0.4, 0.5) is 0 Å². The zero-order valence-corrected chi connectivity index (χ0v) is 16.6. The van der Waals surface area contributed by atoms with Crippen molar-refractivity contribution >= 4 is 45.8 Å². The van der Waals surface area contributed by atoms with Crippen LogP contribution >= 0.6 is 34.8 Å². The van der Waals surface area contributed by atoms with Gasteiger partial charge in [0.15, 0.2) is 0 Å². The summed E-state index contributed by atoms with van der Waals surface area (Å²) < 4.78 is 13.4. The molecule has 0 saturated heterocycles. The van der Waals surface area contributed by atoms with Crippen LogP contribution in [0.5, 0.6) is 5.75 Å². The molecule has 1 heterocycles. The van der Waals surface area contributed by atoms with E-state index in [9.17, 15) is 0 Å². The second kappa shape index (κ2) is 8.96. The highest BCUT2D eigenvalue weighted by Gasteiger charge is 2.13. The number of hydrogen-bond acceptors (Lipinski definition) is 3. The summed E-state index contributed by atoms with van der Waals surface area (Å²) in [5.41, 5.74) is 1.86. The molecule has 3 aromatic rings. The van der Waals surface area contributed by atoms with Gasteiger partial charge in [0.1, 0.15) is 18.2 Å². The van der Waals surface area contributed by atoms with E-state index in [1.165, 1.54) is 0 Å². The van der Waals surface area contributed by atoms with Gasteiger partial charge in [-0.3, -0.25) is 0 Å². The number of aromatic nitrogens is 2. The predicted molar refractivity (Wildman–Crippen MR) is 107 cm³/mol. The Morgan fingerprint density at radius 3 is 2.58 bits per heavy atom. The van der Waals surface area contributed by atoms with E-state index in [4.69, 9.17) is 44.3 Å². The summed E-state index contributed by atoms with van der Waals surface area (Å²) in [5.74, 6) is 1.38. The van der Waals surface area contributed by atoms with Crippen molar-refractivity contribution in [1.29, 1.82) is 0 Å². The number of benzene rings is 2. The molecular formula is C19H19Cl3N2O2. The maximum atomic E-state index is 6.18. The van der Waals surface area contributed by atoms with E-state index in [0.717, 1.165) is 29.8 Å². The molecule has 0 aliphatic rings. The van der Waals surface area contributed by atoms with Crippen LogP contribution in [0.15, 0.2) is 36.4 Å². The van der Waals surface area contributed by atoms with Crippen LogP contribution in [-0.4, -0.2) is 22.8 Å². The standard InChI is InChI=1S/C19H19Cl3N2O2/c1-2-25-9-3-8-24-17-11-14(21)4-6-16(17)23-19(24)12-26-18-7-5-13(20)10-15(18)22/h4-7,10-11H,2-3,8-9,12H2,1H3. The lowest BCUT2D eigenvalue weighted by molar-refractivity contribution is 0.141. The summed E-state index contributed by atoms with van der Waals surface area (Å²) >= 11 is 18.3. The molecule has 0 aliphatic carbocycles. The minimum absolute atomic E-state index is 0.294. The molecule has 0 aliphatic heterocycles. The Kier molecular flexibility index (Phi) is 6.65. The van der Waals surface area contributed by atoms with Gasteiger partial charge in [0.05, 0.1) is 16.1 Å². The molecule has 0 amide bonds. The Bertz CT molecular complexity index is 896. The lowest BCUT2D eigenvalue weighted by Crippen LogP contribution is -2.09. The zero-order chi connectivity index (χ0) is 18.5. The van der Waals surface area contributed by atoms with E-state index in [-0.39, 0.29) is 0 Å². The minimum atomic E-state index is 0.294. The molecule has 0 saturated carbocycles. The molecule has 0 fully saturated rings. The van der Waals surface area contributed by atoms with Gasteiger partial charge in [-0.25, -0.2) is 4.98 Å². The lowest BCUT2D eigenvalue weighted by Gasteiger charge is -2.11. The average molecular weight is 414 g/mol. The highest BCUT2D eigenvalue weighted by atomic mass is 35.5. The Hall–Kier alpha value is -1.46. The molecule has 0 unspecified atom stereocenters. The maximum absolute atomic E-state index is 6.18. The number of nitrogens with zero attached hydrogens (tertiary/aromatic N) is 2. The van der Waals surface area contributed by atoms with Gasteiger partial charge in [-0.15, -0.1) is 0 Å². The predicted octanol–water partition coefficient (Wildman–Crippen LogP) is 6.00. The molecule has 3 rings (SSSR count). The monoisotopic (exact) mass is 412 g/mol. The molecule has 2 aromatic carbocycles. The summed E-state index contributed by atoms with van der Waals surface area (Å²) in [5, 5.41) is 1.72. The molecule has 0 bridgehead atoms. The van der Waals surface area contributed by atoms with E-state index >= 15 is 0 Å². The second-order valence-electron chi connectivity index (χ2n) is 5.73. The smallest absolute Gasteiger partial charge is 0.148 e. The Labute approximate surface area is 167 Å². The van der Waals surface area contributed by atoms with Crippen LogP contribution < -0.4 is 4.74 Å². The molecule has 7 heteroatoms. The first-order chi connectivity index (χ1) is 12.6. The van der Waals surface area contributed by atoms with Crippen LogP contribution in [0.2, 0.25) is 15.1 Å². The van der Waals surface area contributed by atoms with Crippen LogP contribution in [0.3, 0.4) is 0 Å². The molecular weight excluding hydrogens is 395 g/mol. The van der Waals surface area contributed by atoms with E-state index in [0.29, 0.717) is 40.6 Å². The Morgan fingerprint density at radius 2 is 1.81 bits per heavy atom. The number of halogens is 3. The van der Waals surface area contributed by atoms with Gasteiger partial charge < -0.3 is 14.0 Å². The minimum Gasteiger partial charge on any atom is -0.484 e. The van der Waals surface area contributed by atoms with Crippen molar-refractivity contribution in [3.8, 4) is 5.75 Å². The van der Waals surface area contributed by atoms with Gasteiger partial charge in [0, 0.05) is 29.8 Å². The number of hydrogen-bond donors (Lipinski definition) is 0. The highest BCUT2D eigenvalue weighted by molar-refractivity contribution is 6.35. The molecule has 0 spiro atoms. The van der Waals surface area contributed by atoms with E-state index in [2.05, 4.69) is 9.55 Å². The SMILES string of the molecule is CCOCCCn1c(COc2ccc(Cl)cc2Cl)nc2ccc(Cl)cc21. The van der Waals surface area contributed by atoms with Crippen molar-refractivity contribution in [2.24, 2.45) is 0 Å². The molecule has 0 N–H and O–H groups in total. The van der Waals surface area contributed by atoms with Crippen LogP contribution in [-0.2, 0) is 17.9 Å². The van der Waals surface area contributed by atoms with Gasteiger partial charge in [-0.2, -0.15) is 0 Å². The number of imidazole rings is 1. The van der Waals surface area contributed by atoms with E-state index in [1.54, 1.807) is 18.2 Å². The summed E-state index contributed by atoms with van der Waals surface area (Å²) in [4.78, 5) is 4.68. The largest absolute Gasteiger partial charge is 0.484 e. The quantitative estimate of drug-likeness (QED) is 0.425. The second-order valence-corrected chi connectivity index (χ2v) is 7.01. The zero-order valence-electron chi connectivity index (χ0n) is 14.3. The van der Waals surface area contributed by atoms with Gasteiger partial charge in [0.25, 0.3) is 0 Å². The summed E-state index contributed by atoms with van der Waals surface area (Å²) in [6.45, 7) is 4.45. The van der Waals surface area contributed by atoms with Crippen molar-refractivity contribution in [2.75, 3.05) is 13.2 Å². The molecule has 26 heavy (non-hydrogen) atoms. The van der Waals surface area contributed by atoms with Crippen molar-refractivity contribution in [2.45, 2.75) is 26.5 Å². The van der Waals surface area contributed by atoms with Crippen molar-refractivity contribution in [3.63, 3.8) is 0 Å². The fraction of sp³-hybridized carbons (Fsp3) is 0.316. The molecule has 0 radical (unpaired) electrons. The topological polar surface area (TPSA) is 36.3 Å². The first kappa shape index (κ1) is 19.3. The maximum Gasteiger partial charge on any atom is 0.148 e. The highest BCUT2D eigenvalue weighted by Crippen LogP contribution is 2.29. The third-order valence-electron chi connectivity index (χ3n) is 3.91. The van der Waals surface area contributed by atoms with Gasteiger partial charge in [-0.1, -0.05) is 34.8 Å². The van der Waals surface area contributed by atoms with E-state index < -0.39 is 0 Å². The third kappa shape index (κ3) is 4.63. The summed E-state index contributed by atoms with van der Waals surface area (Å²) in [7, 11) is 0. The van der Waals surface area contributed by atoms with Crippen molar-refractivity contribution < 1.29 is 9.47 Å². The fourth-order valence-electron chi connectivity index (χ4n) is 2.71. The van der Waals surface area contributed by atoms with Crippen molar-refractivity contribution in [1.82, 2.24) is 9.55 Å². The Balaban J connectivity index is 1.83. The first-order valence-corrected chi connectivity index (χ1v) is 9.52. The number of rotatable bonds is 8.